The Morgan fingerprint density at radius 3 is 2.08 bits per heavy atom. The van der Waals surface area contributed by atoms with Crippen LogP contribution in [-0.2, 0) is 24.1 Å². The number of fused-ring (bicyclic) bond motifs is 1. The zero-order valence-corrected chi connectivity index (χ0v) is 22.2. The highest BCUT2D eigenvalue weighted by Crippen LogP contribution is 2.39. The molecule has 4 rings (SSSR count). The summed E-state index contributed by atoms with van der Waals surface area (Å²) in [6.45, 7) is 3.03. The van der Waals surface area contributed by atoms with Gasteiger partial charge in [0, 0.05) is 6.54 Å². The first kappa shape index (κ1) is 26.2. The topological polar surface area (TPSA) is 66.5 Å². The van der Waals surface area contributed by atoms with Crippen molar-refractivity contribution in [1.82, 2.24) is 4.90 Å². The molecule has 1 heterocycles. The summed E-state index contributed by atoms with van der Waals surface area (Å²) in [6.07, 6.45) is 1.93. The predicted octanol–water partition coefficient (Wildman–Crippen LogP) is 5.03. The molecule has 0 fully saturated rings. The number of carbonyl (C=O) groups excluding carboxylic acids is 1. The van der Waals surface area contributed by atoms with Gasteiger partial charge in [0.15, 0.2) is 23.0 Å². The van der Waals surface area contributed by atoms with Crippen molar-refractivity contribution in [1.29, 1.82) is 0 Å². The van der Waals surface area contributed by atoms with Gasteiger partial charge in [-0.05, 0) is 71.5 Å². The zero-order chi connectivity index (χ0) is 26.4. The van der Waals surface area contributed by atoms with Crippen LogP contribution >= 0.6 is 0 Å². The standard InChI is InChI=1S/C30H35NO6/c1-6-20-7-10-23(11-8-20)37-19-25-24-18-29(36-5)28(35-4)17-22(24)13-14-31(25)30(32)16-21-9-12-26(33-2)27(15-21)34-3/h7-12,15,17-18,25H,6,13-14,16,19H2,1-5H3/t25-/m1/s1. The van der Waals surface area contributed by atoms with Crippen LogP contribution in [0.1, 0.15) is 35.2 Å². The average molecular weight is 506 g/mol. The highest BCUT2D eigenvalue weighted by Gasteiger charge is 2.33. The van der Waals surface area contributed by atoms with Crippen LogP contribution in [-0.4, -0.2) is 52.4 Å². The maximum Gasteiger partial charge on any atom is 0.227 e. The molecule has 0 saturated carbocycles. The largest absolute Gasteiger partial charge is 0.493 e. The summed E-state index contributed by atoms with van der Waals surface area (Å²) >= 11 is 0. The lowest BCUT2D eigenvalue weighted by atomic mass is 9.91. The SMILES string of the molecule is CCc1ccc(OC[C@@H]2c3cc(OC)c(OC)cc3CCN2C(=O)Cc2ccc(OC)c(OC)c2)cc1. The maximum atomic E-state index is 13.7. The second-order valence-electron chi connectivity index (χ2n) is 8.93. The lowest BCUT2D eigenvalue weighted by Gasteiger charge is -2.37. The van der Waals surface area contributed by atoms with E-state index in [0.29, 0.717) is 36.1 Å². The Labute approximate surface area is 218 Å². The summed E-state index contributed by atoms with van der Waals surface area (Å²) in [4.78, 5) is 15.6. The molecule has 1 amide bonds. The number of amides is 1. The van der Waals surface area contributed by atoms with Gasteiger partial charge in [0.25, 0.3) is 0 Å². The molecule has 7 nitrogen and oxygen atoms in total. The molecule has 37 heavy (non-hydrogen) atoms. The van der Waals surface area contributed by atoms with Crippen LogP contribution in [0.15, 0.2) is 54.6 Å². The second kappa shape index (κ2) is 11.9. The highest BCUT2D eigenvalue weighted by atomic mass is 16.5. The number of methoxy groups -OCH3 is 4. The van der Waals surface area contributed by atoms with E-state index in [9.17, 15) is 4.79 Å². The normalized spacial score (nSPS) is 14.5. The molecular weight excluding hydrogens is 470 g/mol. The summed E-state index contributed by atoms with van der Waals surface area (Å²) in [5.74, 6) is 3.34. The molecule has 7 heteroatoms. The van der Waals surface area contributed by atoms with E-state index in [4.69, 9.17) is 23.7 Å². The minimum atomic E-state index is -0.276. The molecule has 1 atom stereocenters. The lowest BCUT2D eigenvalue weighted by molar-refractivity contribution is -0.134. The summed E-state index contributed by atoms with van der Waals surface area (Å²) in [5, 5.41) is 0. The predicted molar refractivity (Wildman–Crippen MR) is 142 cm³/mol. The number of hydrogen-bond donors (Lipinski definition) is 0. The monoisotopic (exact) mass is 505 g/mol. The fraction of sp³-hybridized carbons (Fsp3) is 0.367. The van der Waals surface area contributed by atoms with Crippen molar-refractivity contribution in [2.45, 2.75) is 32.2 Å². The lowest BCUT2D eigenvalue weighted by Crippen LogP contribution is -2.43. The van der Waals surface area contributed by atoms with Crippen molar-refractivity contribution in [2.75, 3.05) is 41.6 Å². The number of aryl methyl sites for hydroxylation is 1. The summed E-state index contributed by atoms with van der Waals surface area (Å²) < 4.78 is 28.1. The first-order chi connectivity index (χ1) is 18.0. The third-order valence-corrected chi connectivity index (χ3v) is 6.87. The summed E-state index contributed by atoms with van der Waals surface area (Å²) in [7, 11) is 6.44. The minimum absolute atomic E-state index is 0.0163. The molecule has 0 bridgehead atoms. The maximum absolute atomic E-state index is 13.7. The van der Waals surface area contributed by atoms with Crippen molar-refractivity contribution in [3.8, 4) is 28.7 Å². The molecular formula is C30H35NO6. The smallest absolute Gasteiger partial charge is 0.227 e. The molecule has 196 valence electrons. The van der Waals surface area contributed by atoms with E-state index >= 15 is 0 Å². The third kappa shape index (κ3) is 5.77. The van der Waals surface area contributed by atoms with Crippen molar-refractivity contribution >= 4 is 5.91 Å². The van der Waals surface area contributed by atoms with Gasteiger partial charge in [0.1, 0.15) is 12.4 Å². The zero-order valence-electron chi connectivity index (χ0n) is 22.2. The Bertz CT molecular complexity index is 1220. The number of ether oxygens (including phenoxy) is 5. The van der Waals surface area contributed by atoms with Crippen molar-refractivity contribution < 1.29 is 28.5 Å². The van der Waals surface area contributed by atoms with Gasteiger partial charge in [-0.1, -0.05) is 25.1 Å². The summed E-state index contributed by atoms with van der Waals surface area (Å²) in [5.41, 5.74) is 4.24. The number of benzene rings is 3. The Morgan fingerprint density at radius 1 is 0.811 bits per heavy atom. The molecule has 0 N–H and O–H groups in total. The second-order valence-corrected chi connectivity index (χ2v) is 8.93. The van der Waals surface area contributed by atoms with E-state index in [2.05, 4.69) is 19.1 Å². The van der Waals surface area contributed by atoms with Gasteiger partial charge in [0.2, 0.25) is 5.91 Å². The molecule has 1 aliphatic rings. The van der Waals surface area contributed by atoms with Gasteiger partial charge in [-0.25, -0.2) is 0 Å². The summed E-state index contributed by atoms with van der Waals surface area (Å²) in [6, 6.07) is 17.4. The molecule has 0 aliphatic carbocycles. The Morgan fingerprint density at radius 2 is 1.43 bits per heavy atom. The van der Waals surface area contributed by atoms with Crippen molar-refractivity contribution in [3.05, 3.63) is 76.9 Å². The number of nitrogens with zero attached hydrogens (tertiary/aromatic N) is 1. The van der Waals surface area contributed by atoms with Crippen LogP contribution in [0, 0.1) is 0 Å². The van der Waals surface area contributed by atoms with Gasteiger partial charge in [-0.15, -0.1) is 0 Å². The van der Waals surface area contributed by atoms with E-state index in [0.717, 1.165) is 35.3 Å². The van der Waals surface area contributed by atoms with E-state index in [1.807, 2.05) is 47.4 Å². The quantitative estimate of drug-likeness (QED) is 0.385. The van der Waals surface area contributed by atoms with Gasteiger partial charge >= 0.3 is 0 Å². The van der Waals surface area contributed by atoms with E-state index in [1.54, 1.807) is 28.4 Å². The van der Waals surface area contributed by atoms with Crippen LogP contribution in [0.5, 0.6) is 28.7 Å². The molecule has 0 saturated heterocycles. The highest BCUT2D eigenvalue weighted by molar-refractivity contribution is 5.80. The van der Waals surface area contributed by atoms with Gasteiger partial charge in [-0.2, -0.15) is 0 Å². The fourth-order valence-corrected chi connectivity index (χ4v) is 4.77. The third-order valence-electron chi connectivity index (χ3n) is 6.87. The Kier molecular flexibility index (Phi) is 8.43. The van der Waals surface area contributed by atoms with Crippen LogP contribution in [0.4, 0.5) is 0 Å². The Balaban J connectivity index is 1.63. The number of hydrogen-bond acceptors (Lipinski definition) is 6. The van der Waals surface area contributed by atoms with Crippen LogP contribution in [0.3, 0.4) is 0 Å². The van der Waals surface area contributed by atoms with E-state index in [1.165, 1.54) is 5.56 Å². The number of carbonyl (C=O) groups is 1. The average Bonchev–Trinajstić information content (AvgIpc) is 2.94. The van der Waals surface area contributed by atoms with Gasteiger partial charge in [0.05, 0.1) is 40.9 Å². The van der Waals surface area contributed by atoms with E-state index in [-0.39, 0.29) is 18.4 Å². The van der Waals surface area contributed by atoms with Gasteiger partial charge < -0.3 is 28.6 Å². The first-order valence-corrected chi connectivity index (χ1v) is 12.5. The van der Waals surface area contributed by atoms with Crippen LogP contribution in [0.2, 0.25) is 0 Å². The molecule has 3 aromatic carbocycles. The molecule has 0 aromatic heterocycles. The number of rotatable bonds is 10. The van der Waals surface area contributed by atoms with Gasteiger partial charge in [-0.3, -0.25) is 4.79 Å². The van der Waals surface area contributed by atoms with Crippen LogP contribution < -0.4 is 23.7 Å². The van der Waals surface area contributed by atoms with Crippen LogP contribution in [0.25, 0.3) is 0 Å². The Hall–Kier alpha value is -3.87. The molecule has 1 aliphatic heterocycles. The molecule has 0 unspecified atom stereocenters. The minimum Gasteiger partial charge on any atom is -0.493 e. The first-order valence-electron chi connectivity index (χ1n) is 12.5. The van der Waals surface area contributed by atoms with Crippen molar-refractivity contribution in [3.63, 3.8) is 0 Å². The van der Waals surface area contributed by atoms with Crippen molar-refractivity contribution in [2.24, 2.45) is 0 Å². The fourth-order valence-electron chi connectivity index (χ4n) is 4.77. The molecule has 0 spiro atoms. The molecule has 0 radical (unpaired) electrons. The van der Waals surface area contributed by atoms with E-state index < -0.39 is 0 Å². The molecule has 3 aromatic rings.